The second kappa shape index (κ2) is 7.37. The van der Waals surface area contributed by atoms with Gasteiger partial charge in [-0.15, -0.1) is 0 Å². The van der Waals surface area contributed by atoms with Crippen LogP contribution in [0.25, 0.3) is 0 Å². The van der Waals surface area contributed by atoms with E-state index in [2.05, 4.69) is 10.6 Å². The van der Waals surface area contributed by atoms with Crippen molar-refractivity contribution in [2.75, 3.05) is 11.9 Å². The van der Waals surface area contributed by atoms with Crippen LogP contribution in [0.5, 0.6) is 0 Å². The monoisotopic (exact) mass is 342 g/mol. The number of benzene rings is 2. The van der Waals surface area contributed by atoms with Crippen molar-refractivity contribution in [3.8, 4) is 0 Å². The van der Waals surface area contributed by atoms with E-state index >= 15 is 0 Å². The Bertz CT molecular complexity index is 672. The summed E-state index contributed by atoms with van der Waals surface area (Å²) < 4.78 is 37.3. The van der Waals surface area contributed by atoms with Gasteiger partial charge in [0.25, 0.3) is 0 Å². The number of amides is 1. The molecule has 122 valence electrons. The van der Waals surface area contributed by atoms with Crippen LogP contribution < -0.4 is 10.6 Å². The molecule has 0 fully saturated rings. The second-order valence-corrected chi connectivity index (χ2v) is 5.21. The minimum Gasteiger partial charge on any atom is -0.375 e. The van der Waals surface area contributed by atoms with Gasteiger partial charge in [-0.3, -0.25) is 4.79 Å². The van der Waals surface area contributed by atoms with Crippen LogP contribution in [0.15, 0.2) is 48.5 Å². The number of halogens is 4. The highest BCUT2D eigenvalue weighted by atomic mass is 35.5. The van der Waals surface area contributed by atoms with Crippen LogP contribution in [0.2, 0.25) is 5.02 Å². The predicted octanol–water partition coefficient (Wildman–Crippen LogP) is 4.09. The third-order valence-electron chi connectivity index (χ3n) is 3.08. The third kappa shape index (κ3) is 5.17. The number of alkyl halides is 3. The summed E-state index contributed by atoms with van der Waals surface area (Å²) in [6, 6.07) is 11.7. The Balaban J connectivity index is 1.81. The van der Waals surface area contributed by atoms with E-state index in [1.54, 1.807) is 24.3 Å². The van der Waals surface area contributed by atoms with Crippen LogP contribution in [0.4, 0.5) is 18.9 Å². The average molecular weight is 343 g/mol. The molecule has 0 spiro atoms. The van der Waals surface area contributed by atoms with Crippen LogP contribution in [0.1, 0.15) is 11.1 Å². The Morgan fingerprint density at radius 2 is 1.70 bits per heavy atom. The highest BCUT2D eigenvalue weighted by Crippen LogP contribution is 2.29. The van der Waals surface area contributed by atoms with Gasteiger partial charge >= 0.3 is 6.18 Å². The number of hydrogen-bond donors (Lipinski definition) is 2. The fourth-order valence-electron chi connectivity index (χ4n) is 1.85. The molecule has 23 heavy (non-hydrogen) atoms. The summed E-state index contributed by atoms with van der Waals surface area (Å²) in [6.07, 6.45) is -4.36. The molecule has 0 aliphatic heterocycles. The van der Waals surface area contributed by atoms with Gasteiger partial charge in [0.05, 0.1) is 22.8 Å². The zero-order valence-electron chi connectivity index (χ0n) is 12.0. The minimum absolute atomic E-state index is 0.0182. The van der Waals surface area contributed by atoms with Crippen LogP contribution in [0.3, 0.4) is 0 Å². The van der Waals surface area contributed by atoms with E-state index in [1.165, 1.54) is 12.1 Å². The van der Waals surface area contributed by atoms with Gasteiger partial charge in [0.15, 0.2) is 0 Å². The molecule has 0 aliphatic carbocycles. The number of anilines is 1. The van der Waals surface area contributed by atoms with Crippen molar-refractivity contribution in [3.63, 3.8) is 0 Å². The first-order valence-electron chi connectivity index (χ1n) is 6.77. The van der Waals surface area contributed by atoms with Crippen molar-refractivity contribution in [1.82, 2.24) is 5.32 Å². The molecule has 0 unspecified atom stereocenters. The zero-order valence-corrected chi connectivity index (χ0v) is 12.7. The molecule has 1 amide bonds. The molecule has 0 saturated carbocycles. The van der Waals surface area contributed by atoms with E-state index in [-0.39, 0.29) is 19.0 Å². The molecule has 0 saturated heterocycles. The van der Waals surface area contributed by atoms with E-state index in [0.717, 1.165) is 12.1 Å². The molecule has 2 rings (SSSR count). The minimum atomic E-state index is -4.36. The van der Waals surface area contributed by atoms with E-state index in [0.29, 0.717) is 16.3 Å². The molecule has 2 aromatic rings. The summed E-state index contributed by atoms with van der Waals surface area (Å²) in [5.41, 5.74) is 0.510. The quantitative estimate of drug-likeness (QED) is 0.859. The van der Waals surface area contributed by atoms with Crippen molar-refractivity contribution < 1.29 is 18.0 Å². The van der Waals surface area contributed by atoms with E-state index in [1.807, 2.05) is 0 Å². The second-order valence-electron chi connectivity index (χ2n) is 4.80. The van der Waals surface area contributed by atoms with Crippen molar-refractivity contribution >= 4 is 23.2 Å². The standard InChI is InChI=1S/C16H14ClF3N2O/c17-13-3-1-2-4-14(13)21-10-15(23)22-9-11-5-7-12(8-6-11)16(18,19)20/h1-8,21H,9-10H2,(H,22,23). The molecule has 0 aliphatic rings. The van der Waals surface area contributed by atoms with E-state index in [4.69, 9.17) is 11.6 Å². The average Bonchev–Trinajstić information content (AvgIpc) is 2.51. The number of rotatable bonds is 5. The zero-order chi connectivity index (χ0) is 16.9. The van der Waals surface area contributed by atoms with Crippen LogP contribution in [0, 0.1) is 0 Å². The lowest BCUT2D eigenvalue weighted by molar-refractivity contribution is -0.137. The number of nitrogens with one attached hydrogen (secondary N) is 2. The molecular formula is C16H14ClF3N2O. The highest BCUT2D eigenvalue weighted by molar-refractivity contribution is 6.33. The van der Waals surface area contributed by atoms with Gasteiger partial charge in [0.2, 0.25) is 5.91 Å². The van der Waals surface area contributed by atoms with Gasteiger partial charge in [0.1, 0.15) is 0 Å². The van der Waals surface area contributed by atoms with Gasteiger partial charge in [0, 0.05) is 6.54 Å². The third-order valence-corrected chi connectivity index (χ3v) is 3.41. The fourth-order valence-corrected chi connectivity index (χ4v) is 2.06. The maximum atomic E-state index is 12.4. The number of carbonyl (C=O) groups is 1. The molecule has 0 radical (unpaired) electrons. The lowest BCUT2D eigenvalue weighted by atomic mass is 10.1. The van der Waals surface area contributed by atoms with E-state index < -0.39 is 11.7 Å². The van der Waals surface area contributed by atoms with Crippen LogP contribution in [-0.4, -0.2) is 12.5 Å². The van der Waals surface area contributed by atoms with Gasteiger partial charge in [-0.25, -0.2) is 0 Å². The molecule has 0 heterocycles. The van der Waals surface area contributed by atoms with Crippen LogP contribution >= 0.6 is 11.6 Å². The Kier molecular flexibility index (Phi) is 5.50. The van der Waals surface area contributed by atoms with Crippen LogP contribution in [-0.2, 0) is 17.5 Å². The topological polar surface area (TPSA) is 41.1 Å². The first-order chi connectivity index (χ1) is 10.9. The predicted molar refractivity (Wildman–Crippen MR) is 83.2 cm³/mol. The lowest BCUT2D eigenvalue weighted by Crippen LogP contribution is -2.29. The number of para-hydroxylation sites is 1. The molecular weight excluding hydrogens is 329 g/mol. The van der Waals surface area contributed by atoms with Crippen molar-refractivity contribution in [2.45, 2.75) is 12.7 Å². The van der Waals surface area contributed by atoms with E-state index in [9.17, 15) is 18.0 Å². The molecule has 0 bridgehead atoms. The largest absolute Gasteiger partial charge is 0.416 e. The number of carbonyl (C=O) groups excluding carboxylic acids is 1. The lowest BCUT2D eigenvalue weighted by Gasteiger charge is -2.10. The fraction of sp³-hybridized carbons (Fsp3) is 0.188. The summed E-state index contributed by atoms with van der Waals surface area (Å²) in [5, 5.41) is 6.01. The Labute approximate surface area is 136 Å². The van der Waals surface area contributed by atoms with Gasteiger partial charge < -0.3 is 10.6 Å². The molecule has 0 aromatic heterocycles. The van der Waals surface area contributed by atoms with Gasteiger partial charge in [-0.1, -0.05) is 35.9 Å². The maximum absolute atomic E-state index is 12.4. The summed E-state index contributed by atoms with van der Waals surface area (Å²) in [5.74, 6) is -0.287. The summed E-state index contributed by atoms with van der Waals surface area (Å²) in [4.78, 5) is 11.7. The molecule has 2 aromatic carbocycles. The highest BCUT2D eigenvalue weighted by Gasteiger charge is 2.29. The molecule has 2 N–H and O–H groups in total. The Morgan fingerprint density at radius 3 is 2.30 bits per heavy atom. The van der Waals surface area contributed by atoms with Crippen molar-refractivity contribution in [2.24, 2.45) is 0 Å². The Hall–Kier alpha value is -2.21. The van der Waals surface area contributed by atoms with Gasteiger partial charge in [-0.2, -0.15) is 13.2 Å². The first-order valence-corrected chi connectivity index (χ1v) is 7.15. The normalized spacial score (nSPS) is 11.1. The van der Waals surface area contributed by atoms with Gasteiger partial charge in [-0.05, 0) is 29.8 Å². The SMILES string of the molecule is O=C(CNc1ccccc1Cl)NCc1ccc(C(F)(F)F)cc1. The first kappa shape index (κ1) is 17.1. The summed E-state index contributed by atoms with van der Waals surface area (Å²) in [6.45, 7) is 0.172. The van der Waals surface area contributed by atoms with Crippen molar-refractivity contribution in [1.29, 1.82) is 0 Å². The Morgan fingerprint density at radius 1 is 1.04 bits per heavy atom. The summed E-state index contributed by atoms with van der Waals surface area (Å²) >= 11 is 5.95. The maximum Gasteiger partial charge on any atom is 0.416 e. The number of hydrogen-bond acceptors (Lipinski definition) is 2. The molecule has 0 atom stereocenters. The smallest absolute Gasteiger partial charge is 0.375 e. The molecule has 7 heteroatoms. The van der Waals surface area contributed by atoms with Crippen molar-refractivity contribution in [3.05, 3.63) is 64.7 Å². The molecule has 3 nitrogen and oxygen atoms in total. The summed E-state index contributed by atoms with van der Waals surface area (Å²) in [7, 11) is 0.